The Hall–Kier alpha value is -1.63. The van der Waals surface area contributed by atoms with Gasteiger partial charge in [-0.2, -0.15) is 5.10 Å². The molecule has 0 aliphatic rings. The second kappa shape index (κ2) is 3.26. The lowest BCUT2D eigenvalue weighted by Crippen LogP contribution is -2.15. The molecule has 7 heteroatoms. The quantitative estimate of drug-likeness (QED) is 0.415. The maximum Gasteiger partial charge on any atom is 0.187 e. The van der Waals surface area contributed by atoms with Gasteiger partial charge in [0.25, 0.3) is 0 Å². The second-order valence-electron chi connectivity index (χ2n) is 2.58. The first-order chi connectivity index (χ1) is 6.72. The van der Waals surface area contributed by atoms with Crippen LogP contribution in [0.5, 0.6) is 0 Å². The van der Waals surface area contributed by atoms with Crippen molar-refractivity contribution in [3.8, 4) is 0 Å². The number of thioether (sulfide) groups is 1. The van der Waals surface area contributed by atoms with Crippen LogP contribution in [0.25, 0.3) is 5.65 Å². The second-order valence-corrected chi connectivity index (χ2v) is 3.37. The standard InChI is InChI=1S/C7H8N6S/c1-14-7-6-10-3-11-13(6)2-4(12-7)5(8)9/h2-3H,1H3,(H3,8,9). The molecule has 72 valence electrons. The summed E-state index contributed by atoms with van der Waals surface area (Å²) in [6, 6.07) is 0. The van der Waals surface area contributed by atoms with Crippen molar-refractivity contribution in [1.82, 2.24) is 19.6 Å². The van der Waals surface area contributed by atoms with E-state index >= 15 is 0 Å². The number of aromatic nitrogens is 4. The third kappa shape index (κ3) is 1.31. The highest BCUT2D eigenvalue weighted by Crippen LogP contribution is 2.16. The first-order valence-electron chi connectivity index (χ1n) is 3.81. The molecule has 6 nitrogen and oxygen atoms in total. The van der Waals surface area contributed by atoms with E-state index in [9.17, 15) is 0 Å². The Morgan fingerprint density at radius 2 is 2.43 bits per heavy atom. The Labute approximate surface area is 84.1 Å². The number of nitrogens with zero attached hydrogens (tertiary/aromatic N) is 4. The SMILES string of the molecule is CSc1nc(C(=N)N)cn2ncnc12. The van der Waals surface area contributed by atoms with Crippen LogP contribution in [0.2, 0.25) is 0 Å². The molecule has 3 N–H and O–H groups in total. The van der Waals surface area contributed by atoms with Crippen LogP contribution in [0.3, 0.4) is 0 Å². The first-order valence-corrected chi connectivity index (χ1v) is 5.03. The van der Waals surface area contributed by atoms with Gasteiger partial charge in [0, 0.05) is 0 Å². The molecule has 0 unspecified atom stereocenters. The van der Waals surface area contributed by atoms with Gasteiger partial charge in [0.1, 0.15) is 22.9 Å². The minimum absolute atomic E-state index is 0.0716. The van der Waals surface area contributed by atoms with Gasteiger partial charge >= 0.3 is 0 Å². The van der Waals surface area contributed by atoms with Crippen molar-refractivity contribution >= 4 is 23.2 Å². The van der Waals surface area contributed by atoms with Gasteiger partial charge in [0.15, 0.2) is 5.65 Å². The summed E-state index contributed by atoms with van der Waals surface area (Å²) in [5.41, 5.74) is 6.44. The Kier molecular flexibility index (Phi) is 2.08. The van der Waals surface area contributed by atoms with E-state index in [1.807, 2.05) is 6.26 Å². The van der Waals surface area contributed by atoms with Gasteiger partial charge in [-0.1, -0.05) is 0 Å². The molecule has 2 aromatic heterocycles. The number of nitrogen functional groups attached to an aromatic ring is 1. The van der Waals surface area contributed by atoms with E-state index in [2.05, 4.69) is 15.1 Å². The summed E-state index contributed by atoms with van der Waals surface area (Å²) in [5, 5.41) is 12.0. The van der Waals surface area contributed by atoms with Gasteiger partial charge in [-0.3, -0.25) is 5.41 Å². The average molecular weight is 208 g/mol. The fourth-order valence-corrected chi connectivity index (χ4v) is 1.59. The van der Waals surface area contributed by atoms with Crippen molar-refractivity contribution < 1.29 is 0 Å². The normalized spacial score (nSPS) is 10.6. The maximum atomic E-state index is 7.28. The summed E-state index contributed by atoms with van der Waals surface area (Å²) in [6.45, 7) is 0. The van der Waals surface area contributed by atoms with E-state index in [1.165, 1.54) is 18.1 Å². The van der Waals surface area contributed by atoms with Crippen LogP contribution in [0.1, 0.15) is 5.69 Å². The van der Waals surface area contributed by atoms with Crippen molar-refractivity contribution in [2.75, 3.05) is 6.26 Å². The summed E-state index contributed by atoms with van der Waals surface area (Å²) in [5.74, 6) is -0.0716. The van der Waals surface area contributed by atoms with E-state index in [0.717, 1.165) is 5.03 Å². The van der Waals surface area contributed by atoms with Gasteiger partial charge in [-0.15, -0.1) is 11.8 Å². The molecule has 0 aliphatic carbocycles. The van der Waals surface area contributed by atoms with Crippen LogP contribution in [0.15, 0.2) is 17.6 Å². The van der Waals surface area contributed by atoms with Crippen LogP contribution in [-0.4, -0.2) is 31.7 Å². The highest BCUT2D eigenvalue weighted by molar-refractivity contribution is 7.98. The Balaban J connectivity index is 2.73. The molecule has 2 heterocycles. The van der Waals surface area contributed by atoms with Crippen molar-refractivity contribution in [3.63, 3.8) is 0 Å². The number of hydrogen-bond acceptors (Lipinski definition) is 5. The number of fused-ring (bicyclic) bond motifs is 1. The van der Waals surface area contributed by atoms with E-state index in [-0.39, 0.29) is 5.84 Å². The van der Waals surface area contributed by atoms with E-state index in [4.69, 9.17) is 11.1 Å². The highest BCUT2D eigenvalue weighted by Gasteiger charge is 2.08. The predicted molar refractivity (Wildman–Crippen MR) is 53.6 cm³/mol. The van der Waals surface area contributed by atoms with E-state index in [1.54, 1.807) is 10.7 Å². The van der Waals surface area contributed by atoms with Crippen molar-refractivity contribution in [3.05, 3.63) is 18.2 Å². The zero-order chi connectivity index (χ0) is 10.1. The third-order valence-corrected chi connectivity index (χ3v) is 2.36. The lowest BCUT2D eigenvalue weighted by atomic mass is 10.4. The number of rotatable bonds is 2. The largest absolute Gasteiger partial charge is 0.382 e. The zero-order valence-corrected chi connectivity index (χ0v) is 8.25. The Bertz CT molecular complexity index is 490. The molecule has 0 bridgehead atoms. The lowest BCUT2D eigenvalue weighted by molar-refractivity contribution is 0.909. The Morgan fingerprint density at radius 1 is 1.64 bits per heavy atom. The van der Waals surface area contributed by atoms with E-state index in [0.29, 0.717) is 11.3 Å². The van der Waals surface area contributed by atoms with Gasteiger partial charge in [-0.25, -0.2) is 14.5 Å². The molecule has 2 rings (SSSR count). The molecule has 14 heavy (non-hydrogen) atoms. The number of nitrogens with two attached hydrogens (primary N) is 1. The number of amidine groups is 1. The minimum atomic E-state index is -0.0716. The van der Waals surface area contributed by atoms with Crippen LogP contribution in [0, 0.1) is 5.41 Å². The molecule has 0 spiro atoms. The molecular weight excluding hydrogens is 200 g/mol. The van der Waals surface area contributed by atoms with Crippen LogP contribution >= 0.6 is 11.8 Å². The summed E-state index contributed by atoms with van der Waals surface area (Å²) >= 11 is 1.45. The number of hydrogen-bond donors (Lipinski definition) is 2. The fourth-order valence-electron chi connectivity index (χ4n) is 1.07. The molecule has 0 saturated carbocycles. The van der Waals surface area contributed by atoms with Crippen molar-refractivity contribution in [1.29, 1.82) is 5.41 Å². The van der Waals surface area contributed by atoms with Crippen molar-refractivity contribution in [2.24, 2.45) is 5.73 Å². The van der Waals surface area contributed by atoms with E-state index < -0.39 is 0 Å². The molecule has 0 saturated heterocycles. The van der Waals surface area contributed by atoms with Crippen LogP contribution in [0.4, 0.5) is 0 Å². The molecule has 2 aromatic rings. The first kappa shape index (κ1) is 8.95. The monoisotopic (exact) mass is 208 g/mol. The predicted octanol–water partition coefficient (Wildman–Crippen LogP) is 0.130. The average Bonchev–Trinajstić information content (AvgIpc) is 2.63. The molecule has 0 aliphatic heterocycles. The summed E-state index contributed by atoms with van der Waals surface area (Å²) in [6.07, 6.45) is 4.92. The molecule has 0 atom stereocenters. The van der Waals surface area contributed by atoms with Crippen LogP contribution < -0.4 is 5.73 Å². The smallest absolute Gasteiger partial charge is 0.187 e. The zero-order valence-electron chi connectivity index (χ0n) is 7.43. The molecule has 0 amide bonds. The lowest BCUT2D eigenvalue weighted by Gasteiger charge is -2.02. The minimum Gasteiger partial charge on any atom is -0.382 e. The molecule has 0 fully saturated rings. The molecule has 0 radical (unpaired) electrons. The summed E-state index contributed by atoms with van der Waals surface area (Å²) in [4.78, 5) is 8.23. The molecular formula is C7H8N6S. The summed E-state index contributed by atoms with van der Waals surface area (Å²) in [7, 11) is 0. The van der Waals surface area contributed by atoms with Crippen LogP contribution in [-0.2, 0) is 0 Å². The fraction of sp³-hybridized carbons (Fsp3) is 0.143. The van der Waals surface area contributed by atoms with Gasteiger partial charge in [0.2, 0.25) is 0 Å². The van der Waals surface area contributed by atoms with Gasteiger partial charge in [0.05, 0.1) is 6.20 Å². The van der Waals surface area contributed by atoms with Gasteiger partial charge < -0.3 is 5.73 Å². The van der Waals surface area contributed by atoms with Crippen molar-refractivity contribution in [2.45, 2.75) is 5.03 Å². The van der Waals surface area contributed by atoms with Gasteiger partial charge in [-0.05, 0) is 6.26 Å². The third-order valence-electron chi connectivity index (χ3n) is 1.70. The Morgan fingerprint density at radius 3 is 3.07 bits per heavy atom. The topological polar surface area (TPSA) is 93.0 Å². The molecule has 0 aromatic carbocycles. The maximum absolute atomic E-state index is 7.28. The number of nitrogens with one attached hydrogen (secondary N) is 1. The highest BCUT2D eigenvalue weighted by atomic mass is 32.2. The summed E-state index contributed by atoms with van der Waals surface area (Å²) < 4.78 is 1.57.